The number of hydrogen-bond acceptors (Lipinski definition) is 5. The molecule has 0 heterocycles. The van der Waals surface area contributed by atoms with E-state index in [4.69, 9.17) is 5.73 Å². The Morgan fingerprint density at radius 3 is 1.72 bits per heavy atom. The van der Waals surface area contributed by atoms with Crippen molar-refractivity contribution in [1.82, 2.24) is 5.32 Å². The first kappa shape index (κ1) is 23.6. The van der Waals surface area contributed by atoms with Gasteiger partial charge < -0.3 is 15.6 Å². The minimum atomic E-state index is -1.39. The van der Waals surface area contributed by atoms with Crippen molar-refractivity contribution in [2.45, 2.75) is 103 Å². The van der Waals surface area contributed by atoms with Crippen LogP contribution in [0.4, 0.5) is 0 Å². The Morgan fingerprint density at radius 2 is 1.24 bits per heavy atom. The Bertz CT molecular complexity index is 386. The molecule has 1 atom stereocenters. The lowest BCUT2D eigenvalue weighted by Gasteiger charge is -2.11. The number of hydrogen-bond donors (Lipinski definition) is 2. The summed E-state index contributed by atoms with van der Waals surface area (Å²) in [5.41, 5.74) is 5.25. The van der Waals surface area contributed by atoms with Crippen LogP contribution in [0.1, 0.15) is 96.8 Å². The van der Waals surface area contributed by atoms with Gasteiger partial charge in [0.15, 0.2) is 0 Å². The standard InChI is InChI=1S/C19H36N2O4/c1-2-3-4-5-6-7-8-9-10-11-12-13-17(22)21-18(23)15-14-16(20)19(24)25/h16H,2-15,20H2,1H3,(H,24,25)(H,21,22,23)/p-1. The van der Waals surface area contributed by atoms with E-state index in [-0.39, 0.29) is 18.7 Å². The molecule has 0 fully saturated rings. The summed E-state index contributed by atoms with van der Waals surface area (Å²) < 4.78 is 0. The summed E-state index contributed by atoms with van der Waals surface area (Å²) in [6.45, 7) is 2.22. The molecule has 0 aromatic rings. The summed E-state index contributed by atoms with van der Waals surface area (Å²) in [6.07, 6.45) is 13.5. The Labute approximate surface area is 151 Å². The molecule has 0 radical (unpaired) electrons. The third-order valence-corrected chi connectivity index (χ3v) is 4.27. The van der Waals surface area contributed by atoms with Gasteiger partial charge in [0.05, 0.1) is 5.97 Å². The third-order valence-electron chi connectivity index (χ3n) is 4.27. The second-order valence-corrected chi connectivity index (χ2v) is 6.72. The van der Waals surface area contributed by atoms with Gasteiger partial charge in [-0.1, -0.05) is 71.1 Å². The SMILES string of the molecule is CCCCCCCCCCCCCC(=O)NC(=O)CCC(N)C(=O)[O-]. The highest BCUT2D eigenvalue weighted by Gasteiger charge is 2.10. The highest BCUT2D eigenvalue weighted by Crippen LogP contribution is 2.11. The lowest BCUT2D eigenvalue weighted by molar-refractivity contribution is -0.307. The summed E-state index contributed by atoms with van der Waals surface area (Å²) in [4.78, 5) is 33.5. The molecule has 6 nitrogen and oxygen atoms in total. The Kier molecular flexibility index (Phi) is 15.1. The van der Waals surface area contributed by atoms with Crippen LogP contribution >= 0.6 is 0 Å². The van der Waals surface area contributed by atoms with E-state index in [2.05, 4.69) is 12.2 Å². The molecule has 0 aliphatic carbocycles. The third kappa shape index (κ3) is 15.8. The Morgan fingerprint density at radius 1 is 0.800 bits per heavy atom. The fourth-order valence-corrected chi connectivity index (χ4v) is 2.63. The van der Waals surface area contributed by atoms with Crippen LogP contribution in [0.25, 0.3) is 0 Å². The Balaban J connectivity index is 3.43. The van der Waals surface area contributed by atoms with Gasteiger partial charge in [0.1, 0.15) is 0 Å². The van der Waals surface area contributed by atoms with Gasteiger partial charge >= 0.3 is 0 Å². The zero-order valence-electron chi connectivity index (χ0n) is 15.7. The summed E-state index contributed by atoms with van der Waals surface area (Å²) in [5, 5.41) is 12.7. The first-order valence-electron chi connectivity index (χ1n) is 9.76. The van der Waals surface area contributed by atoms with Gasteiger partial charge in [-0.05, 0) is 12.8 Å². The summed E-state index contributed by atoms with van der Waals surface area (Å²) in [6, 6.07) is -1.17. The monoisotopic (exact) mass is 355 g/mol. The number of rotatable bonds is 16. The van der Waals surface area contributed by atoms with Crippen molar-refractivity contribution in [3.63, 3.8) is 0 Å². The molecule has 0 spiro atoms. The molecule has 2 amide bonds. The lowest BCUT2D eigenvalue weighted by atomic mass is 10.1. The van der Waals surface area contributed by atoms with Crippen LogP contribution < -0.4 is 16.2 Å². The maximum atomic E-state index is 11.6. The fraction of sp³-hybridized carbons (Fsp3) is 0.842. The number of nitrogens with one attached hydrogen (secondary N) is 1. The van der Waals surface area contributed by atoms with E-state index in [0.717, 1.165) is 19.3 Å². The van der Waals surface area contributed by atoms with Gasteiger partial charge in [0, 0.05) is 18.9 Å². The maximum absolute atomic E-state index is 11.6. The van der Waals surface area contributed by atoms with Crippen LogP contribution in [0.2, 0.25) is 0 Å². The number of carboxylic acid groups (broad SMARTS) is 1. The van der Waals surface area contributed by atoms with E-state index in [1.165, 1.54) is 51.4 Å². The van der Waals surface area contributed by atoms with Crippen molar-refractivity contribution in [2.24, 2.45) is 5.73 Å². The number of nitrogens with two attached hydrogens (primary N) is 1. The molecule has 3 N–H and O–H groups in total. The van der Waals surface area contributed by atoms with Gasteiger partial charge in [-0.2, -0.15) is 0 Å². The molecule has 0 aliphatic rings. The van der Waals surface area contributed by atoms with E-state index < -0.39 is 17.9 Å². The average molecular weight is 355 g/mol. The predicted octanol–water partition coefficient (Wildman–Crippen LogP) is 2.19. The topological polar surface area (TPSA) is 112 Å². The first-order chi connectivity index (χ1) is 12.0. The van der Waals surface area contributed by atoms with Gasteiger partial charge in [-0.3, -0.25) is 14.9 Å². The van der Waals surface area contributed by atoms with E-state index in [1.54, 1.807) is 0 Å². The quantitative estimate of drug-likeness (QED) is 0.412. The number of amides is 2. The summed E-state index contributed by atoms with van der Waals surface area (Å²) in [5.74, 6) is -2.17. The van der Waals surface area contributed by atoms with Gasteiger partial charge in [0.2, 0.25) is 11.8 Å². The molecule has 25 heavy (non-hydrogen) atoms. The van der Waals surface area contributed by atoms with Crippen LogP contribution in [0.15, 0.2) is 0 Å². The lowest BCUT2D eigenvalue weighted by Crippen LogP contribution is -2.42. The molecule has 1 unspecified atom stereocenters. The van der Waals surface area contributed by atoms with Crippen molar-refractivity contribution >= 4 is 17.8 Å². The number of imide groups is 1. The number of unbranched alkanes of at least 4 members (excludes halogenated alkanes) is 10. The van der Waals surface area contributed by atoms with Crippen molar-refractivity contribution in [3.05, 3.63) is 0 Å². The van der Waals surface area contributed by atoms with Crippen molar-refractivity contribution in [3.8, 4) is 0 Å². The molecule has 0 saturated heterocycles. The van der Waals surface area contributed by atoms with Crippen LogP contribution in [0, 0.1) is 0 Å². The fourth-order valence-electron chi connectivity index (χ4n) is 2.63. The minimum Gasteiger partial charge on any atom is -0.548 e. The summed E-state index contributed by atoms with van der Waals surface area (Å²) in [7, 11) is 0. The van der Waals surface area contributed by atoms with Crippen molar-refractivity contribution < 1.29 is 19.5 Å². The zero-order chi connectivity index (χ0) is 18.9. The molecule has 6 heteroatoms. The van der Waals surface area contributed by atoms with Gasteiger partial charge in [-0.25, -0.2) is 0 Å². The molecule has 0 aromatic carbocycles. The molecule has 0 bridgehead atoms. The van der Waals surface area contributed by atoms with Gasteiger partial charge in [0.25, 0.3) is 0 Å². The zero-order valence-corrected chi connectivity index (χ0v) is 15.7. The average Bonchev–Trinajstić information content (AvgIpc) is 2.57. The normalized spacial score (nSPS) is 11.9. The number of carbonyl (C=O) groups is 3. The van der Waals surface area contributed by atoms with E-state index in [1.807, 2.05) is 0 Å². The molecule has 146 valence electrons. The molecule has 0 saturated carbocycles. The molecular formula is C19H35N2O4-. The second kappa shape index (κ2) is 16.1. The predicted molar refractivity (Wildman–Crippen MR) is 96.4 cm³/mol. The van der Waals surface area contributed by atoms with E-state index in [9.17, 15) is 19.5 Å². The van der Waals surface area contributed by atoms with Crippen LogP contribution in [0.5, 0.6) is 0 Å². The largest absolute Gasteiger partial charge is 0.548 e. The number of carboxylic acids is 1. The van der Waals surface area contributed by atoms with E-state index >= 15 is 0 Å². The highest BCUT2D eigenvalue weighted by molar-refractivity contribution is 5.95. The van der Waals surface area contributed by atoms with E-state index in [0.29, 0.717) is 6.42 Å². The first-order valence-corrected chi connectivity index (χ1v) is 9.76. The van der Waals surface area contributed by atoms with Gasteiger partial charge in [-0.15, -0.1) is 0 Å². The van der Waals surface area contributed by atoms with Crippen molar-refractivity contribution in [2.75, 3.05) is 0 Å². The van der Waals surface area contributed by atoms with Crippen molar-refractivity contribution in [1.29, 1.82) is 0 Å². The van der Waals surface area contributed by atoms with Crippen LogP contribution in [-0.4, -0.2) is 23.8 Å². The second-order valence-electron chi connectivity index (χ2n) is 6.72. The Hall–Kier alpha value is -1.43. The molecular weight excluding hydrogens is 320 g/mol. The molecule has 0 rings (SSSR count). The number of carbonyl (C=O) groups excluding carboxylic acids is 3. The summed E-state index contributed by atoms with van der Waals surface area (Å²) >= 11 is 0. The van der Waals surface area contributed by atoms with Crippen LogP contribution in [0.3, 0.4) is 0 Å². The smallest absolute Gasteiger partial charge is 0.226 e. The van der Waals surface area contributed by atoms with Crippen LogP contribution in [-0.2, 0) is 14.4 Å². The minimum absolute atomic E-state index is 0.0279. The highest BCUT2D eigenvalue weighted by atomic mass is 16.4. The molecule has 0 aliphatic heterocycles. The number of aliphatic carboxylic acids is 1. The maximum Gasteiger partial charge on any atom is 0.226 e. The molecule has 0 aromatic heterocycles.